The SMILES string of the molecule is On1nnc2c(Cl)cccc21.On1nnc2cc(Cl)ccc21. The summed E-state index contributed by atoms with van der Waals surface area (Å²) in [5.74, 6) is 0. The van der Waals surface area contributed by atoms with Crippen LogP contribution < -0.4 is 0 Å². The van der Waals surface area contributed by atoms with E-state index in [9.17, 15) is 0 Å². The van der Waals surface area contributed by atoms with Gasteiger partial charge in [0.25, 0.3) is 0 Å². The minimum Gasteiger partial charge on any atom is -0.410 e. The Morgan fingerprint density at radius 2 is 1.59 bits per heavy atom. The molecule has 0 fully saturated rings. The van der Waals surface area contributed by atoms with E-state index in [0.717, 1.165) is 0 Å². The molecule has 22 heavy (non-hydrogen) atoms. The van der Waals surface area contributed by atoms with Crippen molar-refractivity contribution in [2.75, 3.05) is 0 Å². The lowest BCUT2D eigenvalue weighted by Gasteiger charge is -1.89. The van der Waals surface area contributed by atoms with Crippen LogP contribution in [0.15, 0.2) is 36.4 Å². The molecule has 8 nitrogen and oxygen atoms in total. The van der Waals surface area contributed by atoms with Crippen molar-refractivity contribution in [3.63, 3.8) is 0 Å². The molecule has 0 aliphatic carbocycles. The largest absolute Gasteiger partial charge is 0.410 e. The highest BCUT2D eigenvalue weighted by molar-refractivity contribution is 6.34. The van der Waals surface area contributed by atoms with E-state index in [2.05, 4.69) is 20.6 Å². The molecular formula is C12H8Cl2N6O2. The van der Waals surface area contributed by atoms with E-state index in [1.807, 2.05) is 0 Å². The summed E-state index contributed by atoms with van der Waals surface area (Å²) >= 11 is 11.4. The molecule has 2 heterocycles. The van der Waals surface area contributed by atoms with E-state index >= 15 is 0 Å². The van der Waals surface area contributed by atoms with Crippen molar-refractivity contribution < 1.29 is 10.4 Å². The highest BCUT2D eigenvalue weighted by Gasteiger charge is 2.04. The Morgan fingerprint density at radius 3 is 2.36 bits per heavy atom. The highest BCUT2D eigenvalue weighted by Crippen LogP contribution is 2.19. The van der Waals surface area contributed by atoms with Gasteiger partial charge in [-0.15, -0.1) is 10.2 Å². The molecular weight excluding hydrogens is 331 g/mol. The Bertz CT molecular complexity index is 951. The summed E-state index contributed by atoms with van der Waals surface area (Å²) in [4.78, 5) is 1.41. The average molecular weight is 339 g/mol. The molecule has 2 aromatic carbocycles. The van der Waals surface area contributed by atoms with Gasteiger partial charge in [-0.1, -0.05) is 39.0 Å². The van der Waals surface area contributed by atoms with E-state index in [0.29, 0.717) is 41.8 Å². The number of nitrogens with zero attached hydrogens (tertiary/aromatic N) is 6. The Morgan fingerprint density at radius 1 is 0.864 bits per heavy atom. The molecule has 0 aliphatic rings. The molecule has 4 rings (SSSR count). The maximum atomic E-state index is 9.02. The van der Waals surface area contributed by atoms with Gasteiger partial charge in [0.2, 0.25) is 0 Å². The quantitative estimate of drug-likeness (QED) is 0.478. The van der Waals surface area contributed by atoms with Crippen molar-refractivity contribution in [3.05, 3.63) is 46.4 Å². The van der Waals surface area contributed by atoms with Crippen LogP contribution in [0.25, 0.3) is 22.1 Å². The second-order valence-corrected chi connectivity index (χ2v) is 5.04. The lowest BCUT2D eigenvalue weighted by atomic mass is 10.3. The molecule has 0 amide bonds. The minimum absolute atomic E-state index is 0.489. The molecule has 0 bridgehead atoms. The smallest absolute Gasteiger partial charge is 0.135 e. The van der Waals surface area contributed by atoms with Crippen LogP contribution in [0.4, 0.5) is 0 Å². The van der Waals surface area contributed by atoms with Gasteiger partial charge in [-0.05, 0) is 40.8 Å². The first-order valence-electron chi connectivity index (χ1n) is 5.95. The Hall–Kier alpha value is -2.58. The third kappa shape index (κ3) is 2.61. The fourth-order valence-electron chi connectivity index (χ4n) is 1.78. The van der Waals surface area contributed by atoms with Gasteiger partial charge in [0.05, 0.1) is 5.02 Å². The topological polar surface area (TPSA) is 102 Å². The van der Waals surface area contributed by atoms with Crippen LogP contribution in [0.1, 0.15) is 0 Å². The molecule has 0 radical (unpaired) electrons. The van der Waals surface area contributed by atoms with Gasteiger partial charge in [0.15, 0.2) is 0 Å². The molecule has 112 valence electrons. The molecule has 2 aromatic heterocycles. The first-order valence-corrected chi connectivity index (χ1v) is 6.71. The van der Waals surface area contributed by atoms with Gasteiger partial charge < -0.3 is 10.4 Å². The number of hydrogen-bond donors (Lipinski definition) is 2. The normalized spacial score (nSPS) is 10.6. The lowest BCUT2D eigenvalue weighted by molar-refractivity contribution is 0.154. The molecule has 0 atom stereocenters. The zero-order chi connectivity index (χ0) is 15.7. The van der Waals surface area contributed by atoms with E-state index in [1.165, 1.54) is 0 Å². The Labute approximate surface area is 133 Å². The van der Waals surface area contributed by atoms with Crippen LogP contribution in [-0.2, 0) is 0 Å². The second-order valence-electron chi connectivity index (χ2n) is 4.20. The van der Waals surface area contributed by atoms with E-state index in [-0.39, 0.29) is 0 Å². The number of rotatable bonds is 0. The van der Waals surface area contributed by atoms with Gasteiger partial charge in [0.1, 0.15) is 22.1 Å². The van der Waals surface area contributed by atoms with Crippen molar-refractivity contribution in [1.29, 1.82) is 0 Å². The zero-order valence-corrected chi connectivity index (χ0v) is 12.3. The van der Waals surface area contributed by atoms with Gasteiger partial charge in [-0.3, -0.25) is 0 Å². The van der Waals surface area contributed by atoms with Gasteiger partial charge in [-0.25, -0.2) is 0 Å². The van der Waals surface area contributed by atoms with Crippen molar-refractivity contribution in [2.24, 2.45) is 0 Å². The Balaban J connectivity index is 0.000000131. The number of halogens is 2. The van der Waals surface area contributed by atoms with Crippen molar-refractivity contribution in [3.8, 4) is 0 Å². The van der Waals surface area contributed by atoms with Crippen LogP contribution in [0.3, 0.4) is 0 Å². The molecule has 0 aliphatic heterocycles. The Kier molecular flexibility index (Phi) is 3.70. The molecule has 0 saturated carbocycles. The lowest BCUT2D eigenvalue weighted by Crippen LogP contribution is -1.90. The highest BCUT2D eigenvalue weighted by atomic mass is 35.5. The second kappa shape index (κ2) is 5.66. The van der Waals surface area contributed by atoms with Gasteiger partial charge in [0, 0.05) is 5.02 Å². The average Bonchev–Trinajstić information content (AvgIpc) is 3.05. The third-order valence-electron chi connectivity index (χ3n) is 2.80. The van der Waals surface area contributed by atoms with Gasteiger partial charge >= 0.3 is 0 Å². The molecule has 10 heteroatoms. The first kappa shape index (κ1) is 14.4. The predicted octanol–water partition coefficient (Wildman–Crippen LogP) is 2.64. The number of fused-ring (bicyclic) bond motifs is 2. The van der Waals surface area contributed by atoms with Crippen molar-refractivity contribution in [2.45, 2.75) is 0 Å². The summed E-state index contributed by atoms with van der Waals surface area (Å²) in [5, 5.41) is 33.2. The van der Waals surface area contributed by atoms with Crippen LogP contribution in [0.5, 0.6) is 0 Å². The molecule has 0 saturated heterocycles. The molecule has 2 N–H and O–H groups in total. The maximum absolute atomic E-state index is 9.02. The predicted molar refractivity (Wildman–Crippen MR) is 79.4 cm³/mol. The summed E-state index contributed by atoms with van der Waals surface area (Å²) in [6.07, 6.45) is 0. The van der Waals surface area contributed by atoms with Crippen molar-refractivity contribution in [1.82, 2.24) is 30.3 Å². The number of benzene rings is 2. The van der Waals surface area contributed by atoms with E-state index < -0.39 is 0 Å². The summed E-state index contributed by atoms with van der Waals surface area (Å²) < 4.78 is 0. The monoisotopic (exact) mass is 338 g/mol. The van der Waals surface area contributed by atoms with Crippen LogP contribution in [-0.4, -0.2) is 40.7 Å². The maximum Gasteiger partial charge on any atom is 0.135 e. The fraction of sp³-hybridized carbons (Fsp3) is 0. The van der Waals surface area contributed by atoms with E-state index in [4.69, 9.17) is 33.6 Å². The zero-order valence-electron chi connectivity index (χ0n) is 10.8. The third-order valence-corrected chi connectivity index (χ3v) is 3.34. The minimum atomic E-state index is 0.489. The van der Waals surface area contributed by atoms with Crippen LogP contribution in [0.2, 0.25) is 10.0 Å². The molecule has 0 spiro atoms. The summed E-state index contributed by atoms with van der Waals surface area (Å²) in [6, 6.07) is 10.1. The number of hydrogen-bond acceptors (Lipinski definition) is 6. The molecule has 0 unspecified atom stereocenters. The van der Waals surface area contributed by atoms with Crippen molar-refractivity contribution >= 4 is 45.3 Å². The summed E-state index contributed by atoms with van der Waals surface area (Å²) in [5.41, 5.74) is 2.16. The van der Waals surface area contributed by atoms with E-state index in [1.54, 1.807) is 36.4 Å². The summed E-state index contributed by atoms with van der Waals surface area (Å²) in [7, 11) is 0. The first-order chi connectivity index (χ1) is 10.6. The fourth-order valence-corrected chi connectivity index (χ4v) is 2.16. The number of aromatic nitrogens is 6. The van der Waals surface area contributed by atoms with Crippen LogP contribution in [0, 0.1) is 0 Å². The van der Waals surface area contributed by atoms with Gasteiger partial charge in [-0.2, -0.15) is 0 Å². The molecule has 4 aromatic rings. The summed E-state index contributed by atoms with van der Waals surface area (Å²) in [6.45, 7) is 0. The standard InChI is InChI=1S/2C6H4ClN3O/c7-4-1-2-6-5(3-4)8-9-10(6)11;7-4-2-1-3-5-6(4)8-9-10(5)11/h2*1-3,11H. The van der Waals surface area contributed by atoms with Crippen LogP contribution >= 0.6 is 23.2 Å².